The molecule has 3 rings (SSSR count). The summed E-state index contributed by atoms with van der Waals surface area (Å²) in [6.07, 6.45) is 3.37. The summed E-state index contributed by atoms with van der Waals surface area (Å²) in [6.45, 7) is 5.29. The third kappa shape index (κ3) is 4.10. The van der Waals surface area contributed by atoms with Crippen LogP contribution in [0.3, 0.4) is 0 Å². The van der Waals surface area contributed by atoms with E-state index < -0.39 is 0 Å². The van der Waals surface area contributed by atoms with Crippen molar-refractivity contribution in [2.75, 3.05) is 11.9 Å². The lowest BCUT2D eigenvalue weighted by Gasteiger charge is -2.33. The molecule has 2 heterocycles. The van der Waals surface area contributed by atoms with Gasteiger partial charge in [-0.15, -0.1) is 0 Å². The normalized spacial score (nSPS) is 17.4. The summed E-state index contributed by atoms with van der Waals surface area (Å²) in [7, 11) is 0. The fraction of sp³-hybridized carbons (Fsp3) is 0.400. The van der Waals surface area contributed by atoms with Crippen molar-refractivity contribution in [3.8, 4) is 5.75 Å². The van der Waals surface area contributed by atoms with Crippen LogP contribution in [0.5, 0.6) is 5.75 Å². The quantitative estimate of drug-likeness (QED) is 0.891. The molecule has 0 spiro atoms. The number of aromatic hydroxyl groups is 1. The average molecular weight is 339 g/mol. The average Bonchev–Trinajstić information content (AvgIpc) is 2.63. The summed E-state index contributed by atoms with van der Waals surface area (Å²) in [6, 6.07) is 11.3. The molecular formula is C20H25N3O2. The van der Waals surface area contributed by atoms with Crippen molar-refractivity contribution >= 4 is 11.6 Å². The molecule has 0 aliphatic carbocycles. The van der Waals surface area contributed by atoms with E-state index in [1.165, 1.54) is 6.42 Å². The van der Waals surface area contributed by atoms with Gasteiger partial charge < -0.3 is 15.3 Å². The van der Waals surface area contributed by atoms with Crippen LogP contribution in [0.2, 0.25) is 0 Å². The van der Waals surface area contributed by atoms with Gasteiger partial charge in [0.1, 0.15) is 11.4 Å². The largest absolute Gasteiger partial charge is 0.506 e. The summed E-state index contributed by atoms with van der Waals surface area (Å²) in [4.78, 5) is 18.9. The van der Waals surface area contributed by atoms with E-state index in [0.29, 0.717) is 18.3 Å². The molecule has 0 saturated carbocycles. The summed E-state index contributed by atoms with van der Waals surface area (Å²) < 4.78 is 0. The third-order valence-electron chi connectivity index (χ3n) is 4.75. The van der Waals surface area contributed by atoms with Crippen molar-refractivity contribution in [2.45, 2.75) is 45.7 Å². The molecule has 5 nitrogen and oxygen atoms in total. The first-order valence-electron chi connectivity index (χ1n) is 8.85. The van der Waals surface area contributed by atoms with Crippen LogP contribution in [0.1, 0.15) is 47.9 Å². The van der Waals surface area contributed by atoms with Crippen LogP contribution in [0.15, 0.2) is 36.4 Å². The highest BCUT2D eigenvalue weighted by Gasteiger charge is 2.23. The molecular weight excluding hydrogens is 314 g/mol. The van der Waals surface area contributed by atoms with Crippen LogP contribution in [0.25, 0.3) is 0 Å². The smallest absolute Gasteiger partial charge is 0.254 e. The van der Waals surface area contributed by atoms with Crippen molar-refractivity contribution in [3.05, 3.63) is 53.3 Å². The standard InChI is InChI=1S/C20H25N3O2/c1-14-6-11-19(24)18(22-14)13-21-17-9-7-16(8-10-17)20(25)23-12-4-3-5-15(23)2/h6-11,15,21,24H,3-5,12-13H2,1-2H3. The van der Waals surface area contributed by atoms with Gasteiger partial charge in [-0.1, -0.05) is 0 Å². The molecule has 1 aliphatic rings. The SMILES string of the molecule is Cc1ccc(O)c(CNc2ccc(C(=O)N3CCCCC3C)cc2)n1. The first kappa shape index (κ1) is 17.3. The van der Waals surface area contributed by atoms with Crippen molar-refractivity contribution in [1.29, 1.82) is 0 Å². The van der Waals surface area contributed by atoms with Gasteiger partial charge in [-0.05, 0) is 69.5 Å². The van der Waals surface area contributed by atoms with Gasteiger partial charge in [-0.25, -0.2) is 0 Å². The van der Waals surface area contributed by atoms with Gasteiger partial charge in [0.15, 0.2) is 0 Å². The number of aryl methyl sites for hydroxylation is 1. The number of nitrogens with one attached hydrogen (secondary N) is 1. The number of hydrogen-bond donors (Lipinski definition) is 2. The first-order chi connectivity index (χ1) is 12.0. The van der Waals surface area contributed by atoms with Gasteiger partial charge in [0.05, 0.1) is 6.54 Å². The molecule has 1 saturated heterocycles. The molecule has 0 radical (unpaired) electrons. The lowest BCUT2D eigenvalue weighted by atomic mass is 10.0. The molecule has 5 heteroatoms. The Morgan fingerprint density at radius 1 is 1.24 bits per heavy atom. The minimum absolute atomic E-state index is 0.108. The number of anilines is 1. The summed E-state index contributed by atoms with van der Waals surface area (Å²) >= 11 is 0. The second kappa shape index (κ2) is 7.55. The lowest BCUT2D eigenvalue weighted by Crippen LogP contribution is -2.41. The number of benzene rings is 1. The van der Waals surface area contributed by atoms with Gasteiger partial charge in [0, 0.05) is 29.5 Å². The number of hydrogen-bond acceptors (Lipinski definition) is 4. The van der Waals surface area contributed by atoms with Gasteiger partial charge in [-0.3, -0.25) is 9.78 Å². The maximum absolute atomic E-state index is 12.6. The minimum atomic E-state index is 0.108. The zero-order chi connectivity index (χ0) is 17.8. The second-order valence-corrected chi connectivity index (χ2v) is 6.69. The van der Waals surface area contributed by atoms with Crippen molar-refractivity contribution in [2.24, 2.45) is 0 Å². The topological polar surface area (TPSA) is 65.5 Å². The molecule has 1 fully saturated rings. The predicted molar refractivity (Wildman–Crippen MR) is 98.8 cm³/mol. The number of likely N-dealkylation sites (tertiary alicyclic amines) is 1. The Hall–Kier alpha value is -2.56. The van der Waals surface area contributed by atoms with Gasteiger partial charge in [0.2, 0.25) is 0 Å². The number of rotatable bonds is 4. The molecule has 1 unspecified atom stereocenters. The van der Waals surface area contributed by atoms with Gasteiger partial charge in [-0.2, -0.15) is 0 Å². The molecule has 1 aromatic heterocycles. The monoisotopic (exact) mass is 339 g/mol. The molecule has 2 N–H and O–H groups in total. The number of nitrogens with zero attached hydrogens (tertiary/aromatic N) is 2. The molecule has 1 aromatic carbocycles. The number of pyridine rings is 1. The Morgan fingerprint density at radius 2 is 2.00 bits per heavy atom. The van der Waals surface area contributed by atoms with E-state index in [4.69, 9.17) is 0 Å². The lowest BCUT2D eigenvalue weighted by molar-refractivity contribution is 0.0635. The van der Waals surface area contributed by atoms with Crippen LogP contribution in [-0.4, -0.2) is 33.5 Å². The Kier molecular flexibility index (Phi) is 5.22. The number of carbonyl (C=O) groups excluding carboxylic acids is 1. The van der Waals surface area contributed by atoms with Gasteiger partial charge in [0.25, 0.3) is 5.91 Å². The fourth-order valence-electron chi connectivity index (χ4n) is 3.22. The summed E-state index contributed by atoms with van der Waals surface area (Å²) in [5.74, 6) is 0.292. The molecule has 1 atom stereocenters. The summed E-state index contributed by atoms with van der Waals surface area (Å²) in [5.41, 5.74) is 3.09. The zero-order valence-electron chi connectivity index (χ0n) is 14.8. The Labute approximate surface area is 148 Å². The highest BCUT2D eigenvalue weighted by atomic mass is 16.3. The highest BCUT2D eigenvalue weighted by Crippen LogP contribution is 2.21. The molecule has 1 amide bonds. The number of aromatic nitrogens is 1. The van der Waals surface area contributed by atoms with E-state index in [0.717, 1.165) is 36.3 Å². The van der Waals surface area contributed by atoms with Crippen molar-refractivity contribution in [1.82, 2.24) is 9.88 Å². The van der Waals surface area contributed by atoms with E-state index >= 15 is 0 Å². The molecule has 1 aliphatic heterocycles. The highest BCUT2D eigenvalue weighted by molar-refractivity contribution is 5.94. The number of amides is 1. The molecule has 0 bridgehead atoms. The maximum Gasteiger partial charge on any atom is 0.254 e. The third-order valence-corrected chi connectivity index (χ3v) is 4.75. The molecule has 132 valence electrons. The van der Waals surface area contributed by atoms with Crippen LogP contribution < -0.4 is 5.32 Å². The van der Waals surface area contributed by atoms with E-state index in [2.05, 4.69) is 17.2 Å². The first-order valence-corrected chi connectivity index (χ1v) is 8.85. The Bertz CT molecular complexity index is 743. The number of carbonyl (C=O) groups is 1. The van der Waals surface area contributed by atoms with E-state index in [9.17, 15) is 9.90 Å². The number of piperidine rings is 1. The minimum Gasteiger partial charge on any atom is -0.506 e. The summed E-state index contributed by atoms with van der Waals surface area (Å²) in [5, 5.41) is 13.1. The van der Waals surface area contributed by atoms with Crippen LogP contribution in [-0.2, 0) is 6.54 Å². The van der Waals surface area contributed by atoms with E-state index in [-0.39, 0.29) is 11.7 Å². The van der Waals surface area contributed by atoms with Crippen LogP contribution in [0.4, 0.5) is 5.69 Å². The van der Waals surface area contributed by atoms with Crippen molar-refractivity contribution in [3.63, 3.8) is 0 Å². The Balaban J connectivity index is 1.64. The Morgan fingerprint density at radius 3 is 2.72 bits per heavy atom. The zero-order valence-corrected chi connectivity index (χ0v) is 14.8. The molecule has 25 heavy (non-hydrogen) atoms. The van der Waals surface area contributed by atoms with E-state index in [1.54, 1.807) is 12.1 Å². The predicted octanol–water partition coefficient (Wildman–Crippen LogP) is 3.72. The van der Waals surface area contributed by atoms with Gasteiger partial charge >= 0.3 is 0 Å². The second-order valence-electron chi connectivity index (χ2n) is 6.69. The van der Waals surface area contributed by atoms with Crippen molar-refractivity contribution < 1.29 is 9.90 Å². The fourth-order valence-corrected chi connectivity index (χ4v) is 3.22. The molecule has 2 aromatic rings. The van der Waals surface area contributed by atoms with Crippen LogP contribution in [0, 0.1) is 6.92 Å². The maximum atomic E-state index is 12.6. The van der Waals surface area contributed by atoms with Crippen LogP contribution >= 0.6 is 0 Å². The van der Waals surface area contributed by atoms with E-state index in [1.807, 2.05) is 36.1 Å².